The van der Waals surface area contributed by atoms with Crippen LogP contribution in [0.15, 0.2) is 70.3 Å². The zero-order chi connectivity index (χ0) is 18.8. The van der Waals surface area contributed by atoms with E-state index in [4.69, 9.17) is 4.74 Å². The number of fused-ring (bicyclic) bond motifs is 1. The Morgan fingerprint density at radius 1 is 0.963 bits per heavy atom. The molecule has 0 saturated carbocycles. The van der Waals surface area contributed by atoms with Gasteiger partial charge in [0.05, 0.1) is 12.2 Å². The summed E-state index contributed by atoms with van der Waals surface area (Å²) in [5.74, 6) is 0.758. The highest BCUT2D eigenvalue weighted by Gasteiger charge is 2.28. The molecular weight excluding hydrogens is 342 g/mol. The Kier molecular flexibility index (Phi) is 4.38. The highest BCUT2D eigenvalue weighted by Crippen LogP contribution is 2.39. The third-order valence-corrected chi connectivity index (χ3v) is 4.52. The van der Waals surface area contributed by atoms with Gasteiger partial charge in [-0.3, -0.25) is 14.8 Å². The minimum atomic E-state index is -0.544. The van der Waals surface area contributed by atoms with E-state index in [1.54, 1.807) is 0 Å². The van der Waals surface area contributed by atoms with Crippen molar-refractivity contribution in [3.8, 4) is 5.75 Å². The predicted molar refractivity (Wildman–Crippen MR) is 105 cm³/mol. The molecule has 0 amide bonds. The van der Waals surface area contributed by atoms with Crippen molar-refractivity contribution in [2.24, 2.45) is 0 Å². The molecule has 3 N–H and O–H groups in total. The average molecular weight is 361 g/mol. The van der Waals surface area contributed by atoms with Gasteiger partial charge in [0, 0.05) is 17.2 Å². The first-order chi connectivity index (χ1) is 13.2. The molecule has 0 aliphatic carbocycles. The zero-order valence-electron chi connectivity index (χ0n) is 14.8. The Balaban J connectivity index is 1.94. The number of anilines is 1. The molecule has 1 aliphatic heterocycles. The van der Waals surface area contributed by atoms with Crippen LogP contribution in [0.5, 0.6) is 5.75 Å². The minimum Gasteiger partial charge on any atom is -0.494 e. The first-order valence-electron chi connectivity index (χ1n) is 8.80. The fourth-order valence-corrected chi connectivity index (χ4v) is 3.37. The van der Waals surface area contributed by atoms with Crippen LogP contribution in [0.1, 0.15) is 29.5 Å². The van der Waals surface area contributed by atoms with E-state index >= 15 is 0 Å². The summed E-state index contributed by atoms with van der Waals surface area (Å²) in [6.45, 7) is 2.44. The molecule has 0 spiro atoms. The molecule has 27 heavy (non-hydrogen) atoms. The van der Waals surface area contributed by atoms with E-state index < -0.39 is 11.2 Å². The molecule has 0 saturated heterocycles. The van der Waals surface area contributed by atoms with Gasteiger partial charge in [-0.2, -0.15) is 0 Å². The van der Waals surface area contributed by atoms with Crippen molar-refractivity contribution in [2.75, 3.05) is 11.9 Å². The average Bonchev–Trinajstić information content (AvgIpc) is 2.68. The molecule has 2 heterocycles. The van der Waals surface area contributed by atoms with E-state index in [1.165, 1.54) is 0 Å². The summed E-state index contributed by atoms with van der Waals surface area (Å²) in [7, 11) is 0. The number of aromatic amines is 2. The van der Waals surface area contributed by atoms with Gasteiger partial charge in [0.25, 0.3) is 5.56 Å². The molecule has 1 unspecified atom stereocenters. The van der Waals surface area contributed by atoms with Crippen LogP contribution in [0.2, 0.25) is 0 Å². The summed E-state index contributed by atoms with van der Waals surface area (Å²) in [6.07, 6.45) is 1.99. The minimum absolute atomic E-state index is 0.361. The van der Waals surface area contributed by atoms with Crippen LogP contribution in [-0.2, 0) is 0 Å². The van der Waals surface area contributed by atoms with Gasteiger partial charge in [0.2, 0.25) is 0 Å². The maximum Gasteiger partial charge on any atom is 0.327 e. The van der Waals surface area contributed by atoms with Crippen LogP contribution in [0.4, 0.5) is 5.82 Å². The Bertz CT molecular complexity index is 1110. The monoisotopic (exact) mass is 361 g/mol. The molecule has 6 nitrogen and oxygen atoms in total. The molecule has 136 valence electrons. The normalized spacial score (nSPS) is 15.4. The van der Waals surface area contributed by atoms with Crippen molar-refractivity contribution in [3.63, 3.8) is 0 Å². The van der Waals surface area contributed by atoms with Crippen LogP contribution in [0.3, 0.4) is 0 Å². The lowest BCUT2D eigenvalue weighted by atomic mass is 9.87. The number of rotatable bonds is 4. The maximum absolute atomic E-state index is 12.6. The summed E-state index contributed by atoms with van der Waals surface area (Å²) in [4.78, 5) is 29.5. The lowest BCUT2D eigenvalue weighted by molar-refractivity contribution is 0.336. The second kappa shape index (κ2) is 6.99. The van der Waals surface area contributed by atoms with E-state index in [0.29, 0.717) is 23.7 Å². The van der Waals surface area contributed by atoms with Gasteiger partial charge in [-0.25, -0.2) is 4.79 Å². The van der Waals surface area contributed by atoms with Crippen LogP contribution in [-0.4, -0.2) is 16.6 Å². The molecule has 1 aromatic heterocycles. The molecule has 0 fully saturated rings. The highest BCUT2D eigenvalue weighted by molar-refractivity contribution is 5.81. The van der Waals surface area contributed by atoms with Gasteiger partial charge in [-0.15, -0.1) is 0 Å². The molecule has 3 aromatic rings. The first-order valence-corrected chi connectivity index (χ1v) is 8.80. The van der Waals surface area contributed by atoms with E-state index in [1.807, 2.05) is 67.6 Å². The number of aromatic nitrogens is 2. The molecule has 6 heteroatoms. The van der Waals surface area contributed by atoms with Crippen molar-refractivity contribution in [1.29, 1.82) is 0 Å². The van der Waals surface area contributed by atoms with Gasteiger partial charge in [-0.05, 0) is 24.6 Å². The number of nitrogens with one attached hydrogen (secondary N) is 3. The summed E-state index contributed by atoms with van der Waals surface area (Å²) < 4.78 is 5.78. The topological polar surface area (TPSA) is 87.0 Å². The van der Waals surface area contributed by atoms with Crippen molar-refractivity contribution >= 4 is 11.5 Å². The lowest BCUT2D eigenvalue weighted by Gasteiger charge is -2.26. The van der Waals surface area contributed by atoms with E-state index in [2.05, 4.69) is 15.3 Å². The number of allylic oxidation sites excluding steroid dienone is 1. The third-order valence-electron chi connectivity index (χ3n) is 4.52. The summed E-state index contributed by atoms with van der Waals surface area (Å²) in [6, 6.07) is 17.4. The Hall–Kier alpha value is -3.54. The molecular formula is C21H19N3O3. The predicted octanol–water partition coefficient (Wildman–Crippen LogP) is 3.06. The molecule has 1 aliphatic rings. The zero-order valence-corrected chi connectivity index (χ0v) is 14.8. The summed E-state index contributed by atoms with van der Waals surface area (Å²) in [5.41, 5.74) is 2.15. The van der Waals surface area contributed by atoms with Crippen molar-refractivity contribution < 1.29 is 4.74 Å². The smallest absolute Gasteiger partial charge is 0.327 e. The van der Waals surface area contributed by atoms with Crippen molar-refractivity contribution in [3.05, 3.63) is 98.2 Å². The maximum atomic E-state index is 12.6. The molecule has 0 bridgehead atoms. The van der Waals surface area contributed by atoms with Gasteiger partial charge in [-0.1, -0.05) is 48.5 Å². The number of H-pyrrole nitrogens is 2. The van der Waals surface area contributed by atoms with E-state index in [0.717, 1.165) is 16.8 Å². The standard InChI is InChI=1S/C21H19N3O3/c1-2-27-17-11-7-6-10-14(17)15-12-16(13-8-4-3-5-9-13)22-19-18(15)20(25)24-21(26)23-19/h3-12,15H,2H2,1H3,(H3,22,23,24,25,26). The second-order valence-electron chi connectivity index (χ2n) is 6.22. The van der Waals surface area contributed by atoms with Crippen LogP contribution < -0.4 is 21.3 Å². The lowest BCUT2D eigenvalue weighted by Crippen LogP contribution is -2.31. The highest BCUT2D eigenvalue weighted by atomic mass is 16.5. The van der Waals surface area contributed by atoms with E-state index in [9.17, 15) is 9.59 Å². The third kappa shape index (κ3) is 3.17. The van der Waals surface area contributed by atoms with Crippen LogP contribution in [0.25, 0.3) is 5.70 Å². The van der Waals surface area contributed by atoms with Gasteiger partial charge in [0.15, 0.2) is 0 Å². The van der Waals surface area contributed by atoms with Crippen molar-refractivity contribution in [2.45, 2.75) is 12.8 Å². The van der Waals surface area contributed by atoms with Crippen LogP contribution in [0, 0.1) is 0 Å². The number of hydrogen-bond acceptors (Lipinski definition) is 4. The summed E-state index contributed by atoms with van der Waals surface area (Å²) >= 11 is 0. The Morgan fingerprint density at radius 2 is 1.70 bits per heavy atom. The fraction of sp³-hybridized carbons (Fsp3) is 0.143. The Labute approximate surface area is 155 Å². The van der Waals surface area contributed by atoms with Crippen LogP contribution >= 0.6 is 0 Å². The van der Waals surface area contributed by atoms with Gasteiger partial charge in [0.1, 0.15) is 11.6 Å². The second-order valence-corrected chi connectivity index (χ2v) is 6.22. The number of hydrogen-bond donors (Lipinski definition) is 3. The quantitative estimate of drug-likeness (QED) is 0.666. The summed E-state index contributed by atoms with van der Waals surface area (Å²) in [5, 5.41) is 3.19. The molecule has 1 atom stereocenters. The van der Waals surface area contributed by atoms with Crippen molar-refractivity contribution in [1.82, 2.24) is 9.97 Å². The fourth-order valence-electron chi connectivity index (χ4n) is 3.37. The van der Waals surface area contributed by atoms with Gasteiger partial charge < -0.3 is 10.1 Å². The molecule has 2 aromatic carbocycles. The largest absolute Gasteiger partial charge is 0.494 e. The SMILES string of the molecule is CCOc1ccccc1C1C=C(c2ccccc2)Nc2[nH]c(=O)[nH]c(=O)c21. The Morgan fingerprint density at radius 3 is 2.48 bits per heavy atom. The number of para-hydroxylation sites is 1. The molecule has 0 radical (unpaired) electrons. The first kappa shape index (κ1) is 16.9. The van der Waals surface area contributed by atoms with Gasteiger partial charge >= 0.3 is 5.69 Å². The number of ether oxygens (including phenoxy) is 1. The molecule has 4 rings (SSSR count). The van der Waals surface area contributed by atoms with E-state index in [-0.39, 0.29) is 5.92 Å². The number of benzene rings is 2.